The highest BCUT2D eigenvalue weighted by Crippen LogP contribution is 2.22. The van der Waals surface area contributed by atoms with Gasteiger partial charge in [0.1, 0.15) is 0 Å². The minimum absolute atomic E-state index is 0.0217. The lowest BCUT2D eigenvalue weighted by Gasteiger charge is -2.33. The van der Waals surface area contributed by atoms with Crippen molar-refractivity contribution in [3.63, 3.8) is 0 Å². The Balaban J connectivity index is 1.76. The molecule has 128 valence electrons. The molecule has 2 rings (SSSR count). The third-order valence-corrected chi connectivity index (χ3v) is 4.99. The van der Waals surface area contributed by atoms with Crippen molar-refractivity contribution in [1.29, 1.82) is 0 Å². The molecule has 0 saturated carbocycles. The van der Waals surface area contributed by atoms with E-state index < -0.39 is 0 Å². The number of nitrogens with zero attached hydrogens (tertiary/aromatic N) is 1. The highest BCUT2D eigenvalue weighted by molar-refractivity contribution is 9.10. The average Bonchev–Trinajstić information content (AvgIpc) is 2.49. The van der Waals surface area contributed by atoms with Gasteiger partial charge in [-0.3, -0.25) is 0 Å². The van der Waals surface area contributed by atoms with Crippen molar-refractivity contribution in [1.82, 2.24) is 15.5 Å². The van der Waals surface area contributed by atoms with Gasteiger partial charge in [0, 0.05) is 30.1 Å². The van der Waals surface area contributed by atoms with Gasteiger partial charge >= 0.3 is 6.03 Å². The second-order valence-corrected chi connectivity index (χ2v) is 7.68. The van der Waals surface area contributed by atoms with E-state index in [0.29, 0.717) is 5.92 Å². The highest BCUT2D eigenvalue weighted by Gasteiger charge is 2.21. The fraction of sp³-hybridized carbons (Fsp3) is 0.611. The first kappa shape index (κ1) is 18.3. The van der Waals surface area contributed by atoms with Gasteiger partial charge in [-0.2, -0.15) is 0 Å². The summed E-state index contributed by atoms with van der Waals surface area (Å²) in [7, 11) is 0. The van der Waals surface area contributed by atoms with Crippen molar-refractivity contribution < 1.29 is 4.79 Å². The lowest BCUT2D eigenvalue weighted by Crippen LogP contribution is -2.48. The summed E-state index contributed by atoms with van der Waals surface area (Å²) < 4.78 is 1.02. The predicted molar refractivity (Wildman–Crippen MR) is 98.5 cm³/mol. The SMILES string of the molecule is CC(C)CN1CCC(NC(=O)N[C@@H](C)c2ccccc2Br)CC1. The first-order chi connectivity index (χ1) is 11.0. The quantitative estimate of drug-likeness (QED) is 0.811. The molecule has 2 amide bonds. The van der Waals surface area contributed by atoms with Gasteiger partial charge in [-0.05, 0) is 37.3 Å². The van der Waals surface area contributed by atoms with Gasteiger partial charge in [0.15, 0.2) is 0 Å². The summed E-state index contributed by atoms with van der Waals surface area (Å²) in [4.78, 5) is 14.7. The Morgan fingerprint density at radius 1 is 1.26 bits per heavy atom. The van der Waals surface area contributed by atoms with Crippen LogP contribution in [0.25, 0.3) is 0 Å². The van der Waals surface area contributed by atoms with Crippen molar-refractivity contribution in [2.75, 3.05) is 19.6 Å². The van der Waals surface area contributed by atoms with E-state index in [-0.39, 0.29) is 18.1 Å². The number of benzene rings is 1. The van der Waals surface area contributed by atoms with Crippen molar-refractivity contribution in [3.8, 4) is 0 Å². The van der Waals surface area contributed by atoms with Crippen LogP contribution in [0.5, 0.6) is 0 Å². The van der Waals surface area contributed by atoms with Crippen molar-refractivity contribution in [3.05, 3.63) is 34.3 Å². The standard InChI is InChI=1S/C18H28BrN3O/c1-13(2)12-22-10-8-15(9-11-22)21-18(23)20-14(3)16-6-4-5-7-17(16)19/h4-7,13-15H,8-12H2,1-3H3,(H2,20,21,23)/t14-/m0/s1. The van der Waals surface area contributed by atoms with Gasteiger partial charge < -0.3 is 15.5 Å². The minimum Gasteiger partial charge on any atom is -0.335 e. The number of hydrogen-bond donors (Lipinski definition) is 2. The number of likely N-dealkylation sites (tertiary alicyclic amines) is 1. The Morgan fingerprint density at radius 3 is 2.52 bits per heavy atom. The van der Waals surface area contributed by atoms with Gasteiger partial charge in [-0.15, -0.1) is 0 Å². The molecule has 1 aliphatic rings. The molecular formula is C18H28BrN3O. The monoisotopic (exact) mass is 381 g/mol. The van der Waals surface area contributed by atoms with Gasteiger partial charge in [-0.1, -0.05) is 48.0 Å². The fourth-order valence-electron chi connectivity index (χ4n) is 3.10. The van der Waals surface area contributed by atoms with Gasteiger partial charge in [-0.25, -0.2) is 4.79 Å². The summed E-state index contributed by atoms with van der Waals surface area (Å²) >= 11 is 3.53. The summed E-state index contributed by atoms with van der Waals surface area (Å²) in [6, 6.07) is 8.17. The largest absolute Gasteiger partial charge is 0.335 e. The number of hydrogen-bond acceptors (Lipinski definition) is 2. The molecule has 1 aromatic rings. The van der Waals surface area contributed by atoms with Gasteiger partial charge in [0.2, 0.25) is 0 Å². The molecule has 0 spiro atoms. The van der Waals surface area contributed by atoms with Gasteiger partial charge in [0.25, 0.3) is 0 Å². The zero-order valence-electron chi connectivity index (χ0n) is 14.3. The van der Waals surface area contributed by atoms with Crippen LogP contribution in [-0.4, -0.2) is 36.6 Å². The number of carbonyl (C=O) groups excluding carboxylic acids is 1. The molecule has 0 unspecified atom stereocenters. The van der Waals surface area contributed by atoms with Crippen LogP contribution < -0.4 is 10.6 Å². The third kappa shape index (κ3) is 5.81. The first-order valence-corrected chi connectivity index (χ1v) is 9.28. The molecule has 1 atom stereocenters. The number of piperidine rings is 1. The van der Waals surface area contributed by atoms with Gasteiger partial charge in [0.05, 0.1) is 6.04 Å². The Labute approximate surface area is 148 Å². The molecular weight excluding hydrogens is 354 g/mol. The highest BCUT2D eigenvalue weighted by atomic mass is 79.9. The van der Waals surface area contributed by atoms with Crippen molar-refractivity contribution >= 4 is 22.0 Å². The van der Waals surface area contributed by atoms with E-state index in [9.17, 15) is 4.79 Å². The zero-order valence-corrected chi connectivity index (χ0v) is 15.9. The number of urea groups is 1. The maximum Gasteiger partial charge on any atom is 0.315 e. The zero-order chi connectivity index (χ0) is 16.8. The van der Waals surface area contributed by atoms with Crippen LogP contribution >= 0.6 is 15.9 Å². The van der Waals surface area contributed by atoms with Crippen LogP contribution in [-0.2, 0) is 0 Å². The number of rotatable bonds is 5. The van der Waals surface area contributed by atoms with E-state index in [4.69, 9.17) is 0 Å². The van der Waals surface area contributed by atoms with E-state index >= 15 is 0 Å². The van der Waals surface area contributed by atoms with E-state index in [2.05, 4.69) is 45.3 Å². The van der Waals surface area contributed by atoms with E-state index in [1.807, 2.05) is 31.2 Å². The molecule has 0 aromatic heterocycles. The average molecular weight is 382 g/mol. The van der Waals surface area contributed by atoms with Crippen LogP contribution in [0.4, 0.5) is 4.79 Å². The lowest BCUT2D eigenvalue weighted by molar-refractivity contribution is 0.177. The lowest BCUT2D eigenvalue weighted by atomic mass is 10.0. The molecule has 2 N–H and O–H groups in total. The third-order valence-electron chi connectivity index (χ3n) is 4.27. The number of nitrogens with one attached hydrogen (secondary N) is 2. The number of amides is 2. The maximum absolute atomic E-state index is 12.2. The Bertz CT molecular complexity index is 513. The molecule has 5 heteroatoms. The molecule has 4 nitrogen and oxygen atoms in total. The van der Waals surface area contributed by atoms with Crippen LogP contribution in [0.3, 0.4) is 0 Å². The van der Waals surface area contributed by atoms with E-state index in [1.165, 1.54) is 0 Å². The Hall–Kier alpha value is -1.07. The van der Waals surface area contributed by atoms with Crippen LogP contribution in [0, 0.1) is 5.92 Å². The number of carbonyl (C=O) groups is 1. The van der Waals surface area contributed by atoms with Crippen LogP contribution in [0.15, 0.2) is 28.7 Å². The molecule has 1 fully saturated rings. The maximum atomic E-state index is 12.2. The minimum atomic E-state index is -0.0736. The molecule has 0 bridgehead atoms. The summed E-state index contributed by atoms with van der Waals surface area (Å²) in [6.07, 6.45) is 2.06. The fourth-order valence-corrected chi connectivity index (χ4v) is 3.73. The molecule has 0 aliphatic carbocycles. The normalized spacial score (nSPS) is 18.0. The summed E-state index contributed by atoms with van der Waals surface area (Å²) in [5.74, 6) is 0.702. The smallest absolute Gasteiger partial charge is 0.315 e. The summed E-state index contributed by atoms with van der Waals surface area (Å²) in [6.45, 7) is 9.80. The molecule has 0 radical (unpaired) electrons. The molecule has 1 aromatic carbocycles. The van der Waals surface area contributed by atoms with E-state index in [1.54, 1.807) is 0 Å². The Morgan fingerprint density at radius 2 is 1.91 bits per heavy atom. The number of halogens is 1. The summed E-state index contributed by atoms with van der Waals surface area (Å²) in [5.41, 5.74) is 1.09. The van der Waals surface area contributed by atoms with E-state index in [0.717, 1.165) is 42.5 Å². The van der Waals surface area contributed by atoms with Crippen molar-refractivity contribution in [2.24, 2.45) is 5.92 Å². The molecule has 1 aliphatic heterocycles. The first-order valence-electron chi connectivity index (χ1n) is 8.49. The van der Waals surface area contributed by atoms with Crippen molar-refractivity contribution in [2.45, 2.75) is 45.7 Å². The van der Waals surface area contributed by atoms with Crippen LogP contribution in [0.1, 0.15) is 45.2 Å². The summed E-state index contributed by atoms with van der Waals surface area (Å²) in [5, 5.41) is 6.15. The van der Waals surface area contributed by atoms with Crippen LogP contribution in [0.2, 0.25) is 0 Å². The molecule has 1 saturated heterocycles. The second-order valence-electron chi connectivity index (χ2n) is 6.83. The second kappa shape index (κ2) is 8.69. The molecule has 23 heavy (non-hydrogen) atoms. The predicted octanol–water partition coefficient (Wildman–Crippen LogP) is 3.93. The topological polar surface area (TPSA) is 44.4 Å². The Kier molecular flexibility index (Phi) is 6.90. The molecule has 1 heterocycles.